The molecule has 1 saturated heterocycles. The Hall–Kier alpha value is -1.62. The maximum Gasteiger partial charge on any atom is 0.253 e. The fraction of sp³-hybridized carbons (Fsp3) is 0.700. The molecule has 1 saturated carbocycles. The molecule has 1 aliphatic carbocycles. The molecule has 0 aromatic carbocycles. The number of rotatable bonds is 3. The summed E-state index contributed by atoms with van der Waals surface area (Å²) in [5.41, 5.74) is 0.642. The van der Waals surface area contributed by atoms with Crippen LogP contribution in [-0.4, -0.2) is 42.2 Å². The van der Waals surface area contributed by atoms with Gasteiger partial charge in [-0.15, -0.1) is 0 Å². The van der Waals surface area contributed by atoms with Gasteiger partial charge < -0.3 is 15.0 Å². The third-order valence-corrected chi connectivity index (χ3v) is 5.60. The van der Waals surface area contributed by atoms with Crippen LogP contribution in [0.3, 0.4) is 0 Å². The Morgan fingerprint density at radius 2 is 1.76 bits per heavy atom. The van der Waals surface area contributed by atoms with E-state index in [1.165, 1.54) is 19.3 Å². The fourth-order valence-corrected chi connectivity index (χ4v) is 4.27. The molecule has 0 bridgehead atoms. The second-order valence-electron chi connectivity index (χ2n) is 7.95. The highest BCUT2D eigenvalue weighted by Gasteiger charge is 2.29. The highest BCUT2D eigenvalue weighted by atomic mass is 16.5. The lowest BCUT2D eigenvalue weighted by atomic mass is 9.78. The van der Waals surface area contributed by atoms with Crippen molar-refractivity contribution in [1.29, 1.82) is 0 Å². The molecular formula is C20H31N3O2. The molecule has 3 rings (SSSR count). The van der Waals surface area contributed by atoms with Gasteiger partial charge in [-0.3, -0.25) is 4.79 Å². The SMILES string of the molecule is CC1CN(c2ccc(C(=O)NC3C(C)CCCC3C)cn2)CC(C)O1. The predicted octanol–water partition coefficient (Wildman–Crippen LogP) is 3.25. The largest absolute Gasteiger partial charge is 0.372 e. The Morgan fingerprint density at radius 1 is 1.12 bits per heavy atom. The molecule has 1 amide bonds. The van der Waals surface area contributed by atoms with Crippen LogP contribution in [0.25, 0.3) is 0 Å². The van der Waals surface area contributed by atoms with Crippen molar-refractivity contribution < 1.29 is 9.53 Å². The minimum atomic E-state index is -0.00614. The molecule has 0 radical (unpaired) electrons. The lowest BCUT2D eigenvalue weighted by Crippen LogP contribution is -2.46. The zero-order chi connectivity index (χ0) is 18.0. The van der Waals surface area contributed by atoms with Gasteiger partial charge >= 0.3 is 0 Å². The van der Waals surface area contributed by atoms with Gasteiger partial charge in [0.1, 0.15) is 5.82 Å². The van der Waals surface area contributed by atoms with Gasteiger partial charge in [0.2, 0.25) is 0 Å². The van der Waals surface area contributed by atoms with Crippen molar-refractivity contribution in [2.75, 3.05) is 18.0 Å². The van der Waals surface area contributed by atoms with Gasteiger partial charge in [0, 0.05) is 25.3 Å². The van der Waals surface area contributed by atoms with Crippen LogP contribution in [0.15, 0.2) is 18.3 Å². The van der Waals surface area contributed by atoms with Crippen LogP contribution in [0.2, 0.25) is 0 Å². The van der Waals surface area contributed by atoms with Crippen molar-refractivity contribution in [3.05, 3.63) is 23.9 Å². The van der Waals surface area contributed by atoms with E-state index in [1.807, 2.05) is 12.1 Å². The van der Waals surface area contributed by atoms with Crippen molar-refractivity contribution in [2.45, 2.75) is 65.2 Å². The van der Waals surface area contributed by atoms with Gasteiger partial charge in [0.15, 0.2) is 0 Å². The van der Waals surface area contributed by atoms with Crippen molar-refractivity contribution >= 4 is 11.7 Å². The van der Waals surface area contributed by atoms with Crippen LogP contribution < -0.4 is 10.2 Å². The zero-order valence-corrected chi connectivity index (χ0v) is 15.9. The van der Waals surface area contributed by atoms with Crippen LogP contribution in [0.4, 0.5) is 5.82 Å². The van der Waals surface area contributed by atoms with Gasteiger partial charge in [-0.25, -0.2) is 4.98 Å². The Balaban J connectivity index is 1.64. The van der Waals surface area contributed by atoms with E-state index >= 15 is 0 Å². The second kappa shape index (κ2) is 7.73. The van der Waals surface area contributed by atoms with Gasteiger partial charge in [-0.2, -0.15) is 0 Å². The van der Waals surface area contributed by atoms with Gasteiger partial charge in [0.25, 0.3) is 5.91 Å². The average Bonchev–Trinajstić information content (AvgIpc) is 2.57. The quantitative estimate of drug-likeness (QED) is 0.914. The number of hydrogen-bond donors (Lipinski definition) is 1. The highest BCUT2D eigenvalue weighted by Crippen LogP contribution is 2.29. The Morgan fingerprint density at radius 3 is 2.32 bits per heavy atom. The summed E-state index contributed by atoms with van der Waals surface area (Å²) in [5.74, 6) is 1.99. The molecule has 25 heavy (non-hydrogen) atoms. The number of aromatic nitrogens is 1. The van der Waals surface area contributed by atoms with E-state index < -0.39 is 0 Å². The van der Waals surface area contributed by atoms with Gasteiger partial charge in [-0.05, 0) is 50.7 Å². The van der Waals surface area contributed by atoms with Crippen LogP contribution in [0, 0.1) is 11.8 Å². The maximum absolute atomic E-state index is 12.6. The van der Waals surface area contributed by atoms with Gasteiger partial charge in [0.05, 0.1) is 17.8 Å². The number of nitrogens with one attached hydrogen (secondary N) is 1. The smallest absolute Gasteiger partial charge is 0.253 e. The topological polar surface area (TPSA) is 54.5 Å². The zero-order valence-electron chi connectivity index (χ0n) is 15.9. The van der Waals surface area contributed by atoms with E-state index in [2.05, 4.69) is 42.9 Å². The molecule has 0 spiro atoms. The van der Waals surface area contributed by atoms with E-state index in [4.69, 9.17) is 4.74 Å². The number of carbonyl (C=O) groups excluding carboxylic acids is 1. The molecule has 2 heterocycles. The molecule has 1 N–H and O–H groups in total. The average molecular weight is 345 g/mol. The summed E-state index contributed by atoms with van der Waals surface area (Å²) < 4.78 is 5.77. The number of hydrogen-bond acceptors (Lipinski definition) is 4. The van der Waals surface area contributed by atoms with Gasteiger partial charge in [-0.1, -0.05) is 20.3 Å². The minimum absolute atomic E-state index is 0.00614. The maximum atomic E-state index is 12.6. The van der Waals surface area contributed by atoms with E-state index in [0.29, 0.717) is 17.4 Å². The molecule has 2 fully saturated rings. The molecule has 1 aliphatic heterocycles. The Kier molecular flexibility index (Phi) is 5.62. The van der Waals surface area contributed by atoms with Crippen molar-refractivity contribution in [3.63, 3.8) is 0 Å². The van der Waals surface area contributed by atoms with E-state index in [1.54, 1.807) is 6.20 Å². The minimum Gasteiger partial charge on any atom is -0.372 e. The van der Waals surface area contributed by atoms with Crippen LogP contribution in [-0.2, 0) is 4.74 Å². The number of pyridine rings is 1. The predicted molar refractivity (Wildman–Crippen MR) is 99.9 cm³/mol. The Bertz CT molecular complexity index is 569. The molecular weight excluding hydrogens is 314 g/mol. The molecule has 1 aromatic heterocycles. The summed E-state index contributed by atoms with van der Waals surface area (Å²) in [6.45, 7) is 10.3. The number of anilines is 1. The molecule has 2 aliphatic rings. The lowest BCUT2D eigenvalue weighted by Gasteiger charge is -2.36. The van der Waals surface area contributed by atoms with E-state index in [9.17, 15) is 4.79 Å². The molecule has 5 heteroatoms. The number of carbonyl (C=O) groups is 1. The molecule has 1 aromatic rings. The molecule has 5 nitrogen and oxygen atoms in total. The fourth-order valence-electron chi connectivity index (χ4n) is 4.27. The summed E-state index contributed by atoms with van der Waals surface area (Å²) in [7, 11) is 0. The van der Waals surface area contributed by atoms with Crippen molar-refractivity contribution in [2.24, 2.45) is 11.8 Å². The summed E-state index contributed by atoms with van der Waals surface area (Å²) in [5, 5.41) is 3.24. The van der Waals surface area contributed by atoms with Crippen LogP contribution in [0.5, 0.6) is 0 Å². The van der Waals surface area contributed by atoms with Crippen molar-refractivity contribution in [1.82, 2.24) is 10.3 Å². The first-order valence-electron chi connectivity index (χ1n) is 9.61. The van der Waals surface area contributed by atoms with E-state index in [-0.39, 0.29) is 24.2 Å². The van der Waals surface area contributed by atoms with Crippen LogP contribution in [0.1, 0.15) is 57.3 Å². The third-order valence-electron chi connectivity index (χ3n) is 5.60. The first-order chi connectivity index (χ1) is 11.9. The normalized spacial score (nSPS) is 33.1. The second-order valence-corrected chi connectivity index (χ2v) is 7.95. The monoisotopic (exact) mass is 345 g/mol. The molecule has 138 valence electrons. The number of ether oxygens (including phenoxy) is 1. The number of nitrogens with zero attached hydrogens (tertiary/aromatic N) is 2. The summed E-state index contributed by atoms with van der Waals surface area (Å²) in [6.07, 6.45) is 5.75. The molecule has 4 atom stereocenters. The summed E-state index contributed by atoms with van der Waals surface area (Å²) in [4.78, 5) is 19.4. The first-order valence-corrected chi connectivity index (χ1v) is 9.61. The molecule has 4 unspecified atom stereocenters. The Labute approximate surface area is 151 Å². The van der Waals surface area contributed by atoms with E-state index in [0.717, 1.165) is 18.9 Å². The number of morpholine rings is 1. The number of amides is 1. The third kappa shape index (κ3) is 4.32. The van der Waals surface area contributed by atoms with Crippen molar-refractivity contribution in [3.8, 4) is 0 Å². The highest BCUT2D eigenvalue weighted by molar-refractivity contribution is 5.94. The summed E-state index contributed by atoms with van der Waals surface area (Å²) in [6, 6.07) is 4.11. The first kappa shape index (κ1) is 18.2. The standard InChI is InChI=1S/C20H31N3O2/c1-13-6-5-7-14(2)19(13)22-20(24)17-8-9-18(21-10-17)23-11-15(3)25-16(4)12-23/h8-10,13-16,19H,5-7,11-12H2,1-4H3,(H,22,24). The lowest BCUT2D eigenvalue weighted by molar-refractivity contribution is -0.00546. The van der Waals surface area contributed by atoms with Crippen LogP contribution >= 0.6 is 0 Å². The summed E-state index contributed by atoms with van der Waals surface area (Å²) >= 11 is 0.